The summed E-state index contributed by atoms with van der Waals surface area (Å²) in [5, 5.41) is 4.92. The van der Waals surface area contributed by atoms with Crippen molar-refractivity contribution in [2.24, 2.45) is 0 Å². The Morgan fingerprint density at radius 3 is 3.00 bits per heavy atom. The Labute approximate surface area is 109 Å². The van der Waals surface area contributed by atoms with E-state index in [4.69, 9.17) is 4.74 Å². The first-order chi connectivity index (χ1) is 8.79. The van der Waals surface area contributed by atoms with Crippen molar-refractivity contribution in [3.05, 3.63) is 46.2 Å². The summed E-state index contributed by atoms with van der Waals surface area (Å²) in [7, 11) is 1.66. The van der Waals surface area contributed by atoms with Crippen LogP contribution in [0.2, 0.25) is 0 Å². The van der Waals surface area contributed by atoms with Crippen LogP contribution in [-0.2, 0) is 4.79 Å². The quantitative estimate of drug-likeness (QED) is 0.899. The lowest BCUT2D eigenvalue weighted by Gasteiger charge is -2.24. The van der Waals surface area contributed by atoms with E-state index in [1.54, 1.807) is 18.4 Å². The standard InChI is InChI=1S/C14H13NO2S/c1-17-12-5-3-2-4-9(12)10-8-13(16)15-11-6-7-18-14(10)11/h2-7,10H,8H2,1H3,(H,15,16). The van der Waals surface area contributed by atoms with Gasteiger partial charge in [-0.3, -0.25) is 4.79 Å². The molecule has 92 valence electrons. The highest BCUT2D eigenvalue weighted by atomic mass is 32.1. The molecule has 0 bridgehead atoms. The van der Waals surface area contributed by atoms with Crippen LogP contribution in [0.15, 0.2) is 35.7 Å². The van der Waals surface area contributed by atoms with E-state index in [0.29, 0.717) is 6.42 Å². The highest BCUT2D eigenvalue weighted by Crippen LogP contribution is 2.43. The van der Waals surface area contributed by atoms with Crippen LogP contribution in [0.4, 0.5) is 5.69 Å². The lowest BCUT2D eigenvalue weighted by atomic mass is 9.90. The van der Waals surface area contributed by atoms with Crippen molar-refractivity contribution < 1.29 is 9.53 Å². The summed E-state index contributed by atoms with van der Waals surface area (Å²) in [5.74, 6) is 1.01. The van der Waals surface area contributed by atoms with Gasteiger partial charge in [0.05, 0.1) is 12.8 Å². The minimum absolute atomic E-state index is 0.0665. The van der Waals surface area contributed by atoms with Gasteiger partial charge in [0.2, 0.25) is 5.91 Å². The maximum atomic E-state index is 11.8. The Bertz CT molecular complexity index is 591. The molecule has 0 radical (unpaired) electrons. The van der Waals surface area contributed by atoms with Crippen molar-refractivity contribution in [3.8, 4) is 5.75 Å². The maximum absolute atomic E-state index is 11.8. The Hall–Kier alpha value is -1.81. The number of hydrogen-bond acceptors (Lipinski definition) is 3. The highest BCUT2D eigenvalue weighted by Gasteiger charge is 2.29. The second-order valence-electron chi connectivity index (χ2n) is 4.25. The molecule has 1 atom stereocenters. The number of benzene rings is 1. The average molecular weight is 259 g/mol. The zero-order valence-electron chi connectivity index (χ0n) is 9.97. The third-order valence-corrected chi connectivity index (χ3v) is 4.22. The first-order valence-electron chi connectivity index (χ1n) is 5.79. The van der Waals surface area contributed by atoms with E-state index >= 15 is 0 Å². The Kier molecular flexibility index (Phi) is 2.80. The van der Waals surface area contributed by atoms with E-state index in [1.807, 2.05) is 35.7 Å². The molecule has 1 aromatic heterocycles. The van der Waals surface area contributed by atoms with Gasteiger partial charge in [0.25, 0.3) is 0 Å². The number of methoxy groups -OCH3 is 1. The number of fused-ring (bicyclic) bond motifs is 1. The summed E-state index contributed by atoms with van der Waals surface area (Å²) >= 11 is 1.68. The predicted octanol–water partition coefficient (Wildman–Crippen LogP) is 3.23. The van der Waals surface area contributed by atoms with E-state index in [2.05, 4.69) is 5.32 Å². The fourth-order valence-electron chi connectivity index (χ4n) is 2.38. The van der Waals surface area contributed by atoms with Gasteiger partial charge in [-0.1, -0.05) is 18.2 Å². The molecule has 0 spiro atoms. The number of hydrogen-bond donors (Lipinski definition) is 1. The zero-order chi connectivity index (χ0) is 12.5. The molecular formula is C14H13NO2S. The van der Waals surface area contributed by atoms with Crippen LogP contribution >= 0.6 is 11.3 Å². The number of anilines is 1. The van der Waals surface area contributed by atoms with Crippen molar-refractivity contribution in [1.29, 1.82) is 0 Å². The Morgan fingerprint density at radius 1 is 1.33 bits per heavy atom. The van der Waals surface area contributed by atoms with Crippen molar-refractivity contribution in [3.63, 3.8) is 0 Å². The zero-order valence-corrected chi connectivity index (χ0v) is 10.8. The molecular weight excluding hydrogens is 246 g/mol. The van der Waals surface area contributed by atoms with Crippen molar-refractivity contribution >= 4 is 22.9 Å². The minimum atomic E-state index is 0.0665. The van der Waals surface area contributed by atoms with Crippen molar-refractivity contribution in [2.45, 2.75) is 12.3 Å². The number of carbonyl (C=O) groups is 1. The van der Waals surface area contributed by atoms with E-state index in [9.17, 15) is 4.79 Å². The Balaban J connectivity index is 2.10. The fraction of sp³-hybridized carbons (Fsp3) is 0.214. The van der Waals surface area contributed by atoms with Crippen LogP contribution in [0.3, 0.4) is 0 Å². The van der Waals surface area contributed by atoms with Gasteiger partial charge in [-0.05, 0) is 17.5 Å². The van der Waals surface area contributed by atoms with Gasteiger partial charge < -0.3 is 10.1 Å². The molecule has 1 aliphatic rings. The number of carbonyl (C=O) groups excluding carboxylic acids is 1. The SMILES string of the molecule is COc1ccccc1C1CC(=O)Nc2ccsc21. The molecule has 1 aromatic carbocycles. The smallest absolute Gasteiger partial charge is 0.225 e. The number of para-hydroxylation sites is 1. The fourth-order valence-corrected chi connectivity index (χ4v) is 3.35. The molecule has 0 aliphatic carbocycles. The first-order valence-corrected chi connectivity index (χ1v) is 6.67. The molecule has 4 heteroatoms. The normalized spacial score (nSPS) is 18.1. The summed E-state index contributed by atoms with van der Waals surface area (Å²) < 4.78 is 5.40. The van der Waals surface area contributed by atoms with E-state index in [-0.39, 0.29) is 11.8 Å². The van der Waals surface area contributed by atoms with E-state index in [0.717, 1.165) is 17.0 Å². The van der Waals surface area contributed by atoms with Crippen LogP contribution < -0.4 is 10.1 Å². The summed E-state index contributed by atoms with van der Waals surface area (Å²) in [6.45, 7) is 0. The average Bonchev–Trinajstić information content (AvgIpc) is 2.85. The topological polar surface area (TPSA) is 38.3 Å². The number of ether oxygens (including phenoxy) is 1. The largest absolute Gasteiger partial charge is 0.496 e. The second kappa shape index (κ2) is 4.46. The summed E-state index contributed by atoms with van der Waals surface area (Å²) in [5.41, 5.74) is 2.02. The summed E-state index contributed by atoms with van der Waals surface area (Å²) in [6, 6.07) is 9.86. The molecule has 3 nitrogen and oxygen atoms in total. The van der Waals surface area contributed by atoms with Gasteiger partial charge in [0.15, 0.2) is 0 Å². The molecule has 0 saturated carbocycles. The molecule has 3 rings (SSSR count). The van der Waals surface area contributed by atoms with Gasteiger partial charge in [0.1, 0.15) is 5.75 Å². The number of nitrogens with one attached hydrogen (secondary N) is 1. The number of thiophene rings is 1. The van der Waals surface area contributed by atoms with E-state index in [1.165, 1.54) is 4.88 Å². The van der Waals surface area contributed by atoms with Crippen LogP contribution in [0.5, 0.6) is 5.75 Å². The predicted molar refractivity (Wildman–Crippen MR) is 72.4 cm³/mol. The molecule has 18 heavy (non-hydrogen) atoms. The van der Waals surface area contributed by atoms with Gasteiger partial charge >= 0.3 is 0 Å². The van der Waals surface area contributed by atoms with Gasteiger partial charge in [-0.25, -0.2) is 0 Å². The van der Waals surface area contributed by atoms with Crippen LogP contribution in [0.1, 0.15) is 22.8 Å². The van der Waals surface area contributed by atoms with Gasteiger partial charge in [0, 0.05) is 22.8 Å². The molecule has 2 heterocycles. The lowest BCUT2D eigenvalue weighted by Crippen LogP contribution is -2.22. The van der Waals surface area contributed by atoms with Crippen LogP contribution in [0, 0.1) is 0 Å². The maximum Gasteiger partial charge on any atom is 0.225 e. The third kappa shape index (κ3) is 1.78. The van der Waals surface area contributed by atoms with E-state index < -0.39 is 0 Å². The monoisotopic (exact) mass is 259 g/mol. The molecule has 1 amide bonds. The van der Waals surface area contributed by atoms with Crippen molar-refractivity contribution in [1.82, 2.24) is 0 Å². The van der Waals surface area contributed by atoms with Gasteiger partial charge in [-0.15, -0.1) is 11.3 Å². The summed E-state index contributed by atoms with van der Waals surface area (Å²) in [6.07, 6.45) is 0.480. The second-order valence-corrected chi connectivity index (χ2v) is 5.19. The number of amides is 1. The first kappa shape index (κ1) is 11.3. The number of rotatable bonds is 2. The summed E-state index contributed by atoms with van der Waals surface area (Å²) in [4.78, 5) is 13.0. The molecule has 0 saturated heterocycles. The Morgan fingerprint density at radius 2 is 2.17 bits per heavy atom. The molecule has 2 aromatic rings. The van der Waals surface area contributed by atoms with Crippen LogP contribution in [-0.4, -0.2) is 13.0 Å². The van der Waals surface area contributed by atoms with Crippen LogP contribution in [0.25, 0.3) is 0 Å². The third-order valence-electron chi connectivity index (χ3n) is 3.19. The molecule has 1 N–H and O–H groups in total. The lowest BCUT2D eigenvalue weighted by molar-refractivity contribution is -0.116. The molecule has 1 unspecified atom stereocenters. The molecule has 1 aliphatic heterocycles. The van der Waals surface area contributed by atoms with Gasteiger partial charge in [-0.2, -0.15) is 0 Å². The van der Waals surface area contributed by atoms with Crippen molar-refractivity contribution in [2.75, 3.05) is 12.4 Å². The minimum Gasteiger partial charge on any atom is -0.496 e. The highest BCUT2D eigenvalue weighted by molar-refractivity contribution is 7.10. The molecule has 0 fully saturated rings.